The molecule has 224 valence electrons. The van der Waals surface area contributed by atoms with E-state index >= 15 is 0 Å². The summed E-state index contributed by atoms with van der Waals surface area (Å²) in [5, 5.41) is 14.4. The van der Waals surface area contributed by atoms with Crippen LogP contribution in [0.25, 0.3) is 0 Å². The van der Waals surface area contributed by atoms with Gasteiger partial charge in [0.2, 0.25) is 21.8 Å². The van der Waals surface area contributed by atoms with Crippen LogP contribution in [0, 0.1) is 17.0 Å². The van der Waals surface area contributed by atoms with Gasteiger partial charge in [-0.3, -0.25) is 24.0 Å². The number of ether oxygens (including phenoxy) is 1. The second kappa shape index (κ2) is 13.9. The molecule has 0 bridgehead atoms. The summed E-state index contributed by atoms with van der Waals surface area (Å²) < 4.78 is 32.1. The van der Waals surface area contributed by atoms with E-state index in [2.05, 4.69) is 5.32 Å². The van der Waals surface area contributed by atoms with E-state index in [0.717, 1.165) is 33.3 Å². The number of hydrogen-bond donors (Lipinski definition) is 1. The molecular weight excluding hydrogens is 560 g/mol. The molecule has 2 amide bonds. The summed E-state index contributed by atoms with van der Waals surface area (Å²) in [6.07, 6.45) is 1.08. The lowest BCUT2D eigenvalue weighted by Crippen LogP contribution is -2.54. The zero-order chi connectivity index (χ0) is 31.0. The highest BCUT2D eigenvalue weighted by molar-refractivity contribution is 7.92. The molecule has 12 heteroatoms. The standard InChI is InChI=1S/C30H36N4O7S/c1-21(2)31-30(36)27(17-23-9-7-6-8-10-23)32(19-24-13-11-22(3)12-14-24)29(35)20-33(42(5,39)40)26-18-25(34(37)38)15-16-28(26)41-4/h6-16,18,21,27H,17,19-20H2,1-5H3,(H,31,36). The van der Waals surface area contributed by atoms with E-state index in [0.29, 0.717) is 0 Å². The van der Waals surface area contributed by atoms with Crippen LogP contribution >= 0.6 is 0 Å². The quantitative estimate of drug-likeness (QED) is 0.234. The van der Waals surface area contributed by atoms with E-state index in [1.165, 1.54) is 24.1 Å². The number of rotatable bonds is 13. The first-order valence-electron chi connectivity index (χ1n) is 13.3. The number of nitrogens with zero attached hydrogens (tertiary/aromatic N) is 3. The van der Waals surface area contributed by atoms with Crippen molar-refractivity contribution in [3.8, 4) is 5.75 Å². The average Bonchev–Trinajstić information content (AvgIpc) is 2.93. The van der Waals surface area contributed by atoms with Crippen LogP contribution in [0.4, 0.5) is 11.4 Å². The molecule has 0 aliphatic carbocycles. The summed E-state index contributed by atoms with van der Waals surface area (Å²) in [5.41, 5.74) is 2.02. The van der Waals surface area contributed by atoms with E-state index in [1.54, 1.807) is 0 Å². The van der Waals surface area contributed by atoms with E-state index in [9.17, 15) is 28.1 Å². The molecule has 0 heterocycles. The van der Waals surface area contributed by atoms with Gasteiger partial charge in [-0.2, -0.15) is 0 Å². The fourth-order valence-electron chi connectivity index (χ4n) is 4.41. The van der Waals surface area contributed by atoms with E-state index < -0.39 is 39.3 Å². The molecule has 0 radical (unpaired) electrons. The minimum Gasteiger partial charge on any atom is -0.495 e. The zero-order valence-corrected chi connectivity index (χ0v) is 25.1. The fourth-order valence-corrected chi connectivity index (χ4v) is 5.25. The number of nitro groups is 1. The molecule has 42 heavy (non-hydrogen) atoms. The number of benzene rings is 3. The Balaban J connectivity index is 2.12. The molecule has 1 atom stereocenters. The highest BCUT2D eigenvalue weighted by Gasteiger charge is 2.34. The van der Waals surface area contributed by atoms with Gasteiger partial charge in [0.05, 0.1) is 18.3 Å². The highest BCUT2D eigenvalue weighted by atomic mass is 32.2. The number of anilines is 1. The van der Waals surface area contributed by atoms with Crippen LogP contribution in [-0.4, -0.2) is 62.0 Å². The molecule has 3 aromatic carbocycles. The van der Waals surface area contributed by atoms with Gasteiger partial charge in [-0.1, -0.05) is 60.2 Å². The summed E-state index contributed by atoms with van der Waals surface area (Å²) in [5.74, 6) is -1.04. The van der Waals surface area contributed by atoms with Gasteiger partial charge in [0, 0.05) is 31.1 Å². The first-order chi connectivity index (χ1) is 19.8. The third kappa shape index (κ3) is 8.53. The second-order valence-electron chi connectivity index (χ2n) is 10.3. The SMILES string of the molecule is COc1ccc([N+](=O)[O-])cc1N(CC(=O)N(Cc1ccc(C)cc1)C(Cc1ccccc1)C(=O)NC(C)C)S(C)(=O)=O. The molecule has 0 saturated heterocycles. The Kier molecular flexibility index (Phi) is 10.6. The predicted octanol–water partition coefficient (Wildman–Crippen LogP) is 3.84. The van der Waals surface area contributed by atoms with Gasteiger partial charge >= 0.3 is 0 Å². The Morgan fingerprint density at radius 3 is 2.19 bits per heavy atom. The number of non-ortho nitro benzene ring substituents is 1. The van der Waals surface area contributed by atoms with Crippen molar-refractivity contribution in [2.45, 2.75) is 45.8 Å². The Morgan fingerprint density at radius 1 is 1.00 bits per heavy atom. The number of carbonyl (C=O) groups is 2. The normalized spacial score (nSPS) is 12.0. The van der Waals surface area contributed by atoms with Crippen LogP contribution in [0.5, 0.6) is 5.75 Å². The number of nitro benzene ring substituents is 1. The van der Waals surface area contributed by atoms with E-state index in [4.69, 9.17) is 4.74 Å². The van der Waals surface area contributed by atoms with Crippen molar-refractivity contribution in [1.82, 2.24) is 10.2 Å². The monoisotopic (exact) mass is 596 g/mol. The molecule has 1 unspecified atom stereocenters. The number of hydrogen-bond acceptors (Lipinski definition) is 7. The maximum atomic E-state index is 14.2. The van der Waals surface area contributed by atoms with Gasteiger partial charge in [-0.25, -0.2) is 8.42 Å². The second-order valence-corrected chi connectivity index (χ2v) is 12.2. The van der Waals surface area contributed by atoms with Gasteiger partial charge in [0.1, 0.15) is 24.0 Å². The number of carbonyl (C=O) groups excluding carboxylic acids is 2. The van der Waals surface area contributed by atoms with Crippen LogP contribution in [0.15, 0.2) is 72.8 Å². The number of aryl methyl sites for hydroxylation is 1. The van der Waals surface area contributed by atoms with Crippen LogP contribution in [0.3, 0.4) is 0 Å². The van der Waals surface area contributed by atoms with E-state index in [-0.39, 0.29) is 36.1 Å². The number of methoxy groups -OCH3 is 1. The summed E-state index contributed by atoms with van der Waals surface area (Å²) in [6, 6.07) is 19.0. The molecule has 0 saturated carbocycles. The van der Waals surface area contributed by atoms with Crippen LogP contribution in [-0.2, 0) is 32.6 Å². The lowest BCUT2D eigenvalue weighted by atomic mass is 10.0. The molecule has 0 aliphatic rings. The lowest BCUT2D eigenvalue weighted by Gasteiger charge is -2.34. The number of amides is 2. The number of nitrogens with one attached hydrogen (secondary N) is 1. The van der Waals surface area contributed by atoms with Crippen molar-refractivity contribution < 1.29 is 27.7 Å². The molecular formula is C30H36N4O7S. The third-order valence-electron chi connectivity index (χ3n) is 6.50. The van der Waals surface area contributed by atoms with Crippen LogP contribution < -0.4 is 14.4 Å². The van der Waals surface area contributed by atoms with Gasteiger partial charge < -0.3 is 15.0 Å². The van der Waals surface area contributed by atoms with Crippen molar-refractivity contribution in [3.63, 3.8) is 0 Å². The maximum Gasteiger partial charge on any atom is 0.271 e. The molecule has 0 spiro atoms. The Bertz CT molecular complexity index is 1510. The molecule has 3 rings (SSSR count). The molecule has 0 fully saturated rings. The molecule has 0 aromatic heterocycles. The van der Waals surface area contributed by atoms with Crippen molar-refractivity contribution in [2.75, 3.05) is 24.2 Å². The lowest BCUT2D eigenvalue weighted by molar-refractivity contribution is -0.384. The van der Waals surface area contributed by atoms with Crippen molar-refractivity contribution in [1.29, 1.82) is 0 Å². The van der Waals surface area contributed by atoms with Crippen molar-refractivity contribution in [2.24, 2.45) is 0 Å². The van der Waals surface area contributed by atoms with Gasteiger partial charge in [0.15, 0.2) is 0 Å². The summed E-state index contributed by atoms with van der Waals surface area (Å²) in [4.78, 5) is 39.9. The maximum absolute atomic E-state index is 14.2. The molecule has 1 N–H and O–H groups in total. The average molecular weight is 597 g/mol. The minimum atomic E-state index is -4.14. The smallest absolute Gasteiger partial charge is 0.271 e. The Hall–Kier alpha value is -4.45. The predicted molar refractivity (Wildman–Crippen MR) is 161 cm³/mol. The first kappa shape index (κ1) is 32.1. The van der Waals surface area contributed by atoms with Gasteiger partial charge in [0.25, 0.3) is 5.69 Å². The topological polar surface area (TPSA) is 139 Å². The zero-order valence-electron chi connectivity index (χ0n) is 24.3. The molecule has 3 aromatic rings. The van der Waals surface area contributed by atoms with Gasteiger partial charge in [-0.15, -0.1) is 0 Å². The third-order valence-corrected chi connectivity index (χ3v) is 7.62. The summed E-state index contributed by atoms with van der Waals surface area (Å²) in [7, 11) is -2.85. The Labute approximate surface area is 246 Å². The number of sulfonamides is 1. The Morgan fingerprint density at radius 2 is 1.64 bits per heavy atom. The van der Waals surface area contributed by atoms with E-state index in [1.807, 2.05) is 75.4 Å². The summed E-state index contributed by atoms with van der Waals surface area (Å²) in [6.45, 7) is 4.85. The van der Waals surface area contributed by atoms with Crippen LogP contribution in [0.1, 0.15) is 30.5 Å². The molecule has 11 nitrogen and oxygen atoms in total. The van der Waals surface area contributed by atoms with Gasteiger partial charge in [-0.05, 0) is 38.0 Å². The highest BCUT2D eigenvalue weighted by Crippen LogP contribution is 2.34. The van der Waals surface area contributed by atoms with Crippen molar-refractivity contribution >= 4 is 33.2 Å². The minimum absolute atomic E-state index is 0.0196. The first-order valence-corrected chi connectivity index (χ1v) is 15.1. The molecule has 0 aliphatic heterocycles. The fraction of sp³-hybridized carbons (Fsp3) is 0.333. The summed E-state index contributed by atoms with van der Waals surface area (Å²) >= 11 is 0. The largest absolute Gasteiger partial charge is 0.495 e. The van der Waals surface area contributed by atoms with Crippen LogP contribution in [0.2, 0.25) is 0 Å². The van der Waals surface area contributed by atoms with Crippen molar-refractivity contribution in [3.05, 3.63) is 99.6 Å².